The molecule has 9 nitrogen and oxygen atoms in total. The van der Waals surface area contributed by atoms with Crippen LogP contribution in [0, 0.1) is 0 Å². The van der Waals surface area contributed by atoms with E-state index in [0.29, 0.717) is 17.2 Å². The van der Waals surface area contributed by atoms with Gasteiger partial charge in [-0.2, -0.15) is 4.31 Å². The monoisotopic (exact) mass is 486 g/mol. The average molecular weight is 487 g/mol. The highest BCUT2D eigenvalue weighted by molar-refractivity contribution is 7.89. The molecule has 0 saturated heterocycles. The Bertz CT molecular complexity index is 1050. The molecule has 0 atom stereocenters. The molecule has 0 fully saturated rings. The fourth-order valence-corrected chi connectivity index (χ4v) is 4.54. The third-order valence-corrected chi connectivity index (χ3v) is 6.80. The van der Waals surface area contributed by atoms with Gasteiger partial charge in [-0.3, -0.25) is 4.79 Å². The van der Waals surface area contributed by atoms with Gasteiger partial charge in [0.25, 0.3) is 0 Å². The van der Waals surface area contributed by atoms with Crippen LogP contribution in [0.2, 0.25) is 5.02 Å². The van der Waals surface area contributed by atoms with Gasteiger partial charge >= 0.3 is 0 Å². The highest BCUT2D eigenvalue weighted by Crippen LogP contribution is 2.38. The molecule has 0 aliphatic heterocycles. The number of benzene rings is 2. The van der Waals surface area contributed by atoms with Crippen LogP contribution in [0.15, 0.2) is 35.2 Å². The van der Waals surface area contributed by atoms with Crippen molar-refractivity contribution in [2.45, 2.75) is 11.4 Å². The van der Waals surface area contributed by atoms with Crippen LogP contribution in [0.3, 0.4) is 0 Å². The minimum atomic E-state index is -4.02. The number of rotatable bonds is 10. The SMILES string of the molecule is COc1ccc(Cl)cc1S(=O)(=O)N(C)CC(=O)N(C)Cc1cc(OC)c(OC)c(OC)c1. The van der Waals surface area contributed by atoms with E-state index in [2.05, 4.69) is 0 Å². The van der Waals surface area contributed by atoms with E-state index in [1.165, 1.54) is 58.6 Å². The van der Waals surface area contributed by atoms with Crippen LogP contribution < -0.4 is 18.9 Å². The van der Waals surface area contributed by atoms with E-state index < -0.39 is 15.9 Å². The number of methoxy groups -OCH3 is 4. The molecule has 32 heavy (non-hydrogen) atoms. The number of carbonyl (C=O) groups excluding carboxylic acids is 1. The van der Waals surface area contributed by atoms with Crippen LogP contribution in [0.4, 0.5) is 0 Å². The molecule has 0 N–H and O–H groups in total. The summed E-state index contributed by atoms with van der Waals surface area (Å²) in [7, 11) is 4.74. The Morgan fingerprint density at radius 2 is 1.47 bits per heavy atom. The van der Waals surface area contributed by atoms with E-state index in [1.54, 1.807) is 19.2 Å². The second-order valence-corrected chi connectivity index (χ2v) is 9.29. The number of hydrogen-bond acceptors (Lipinski definition) is 7. The molecule has 0 spiro atoms. The average Bonchev–Trinajstić information content (AvgIpc) is 2.77. The van der Waals surface area contributed by atoms with Gasteiger partial charge in [0, 0.05) is 25.7 Å². The van der Waals surface area contributed by atoms with Gasteiger partial charge in [-0.05, 0) is 35.9 Å². The summed E-state index contributed by atoms with van der Waals surface area (Å²) in [6, 6.07) is 7.72. The summed E-state index contributed by atoms with van der Waals surface area (Å²) in [5, 5.41) is 0.239. The van der Waals surface area contributed by atoms with Crippen LogP contribution in [0.5, 0.6) is 23.0 Å². The maximum absolute atomic E-state index is 13.0. The van der Waals surface area contributed by atoms with Crippen LogP contribution in [0.1, 0.15) is 5.56 Å². The van der Waals surface area contributed by atoms with Crippen LogP contribution in [0.25, 0.3) is 0 Å². The highest BCUT2D eigenvalue weighted by Gasteiger charge is 2.28. The van der Waals surface area contributed by atoms with Gasteiger partial charge in [0.15, 0.2) is 11.5 Å². The summed E-state index contributed by atoms with van der Waals surface area (Å²) in [6.45, 7) is -0.178. The van der Waals surface area contributed by atoms with Gasteiger partial charge < -0.3 is 23.8 Å². The van der Waals surface area contributed by atoms with Gasteiger partial charge in [-0.15, -0.1) is 0 Å². The van der Waals surface area contributed by atoms with Crippen molar-refractivity contribution in [3.05, 3.63) is 40.9 Å². The van der Waals surface area contributed by atoms with Crippen LogP contribution >= 0.6 is 11.6 Å². The maximum atomic E-state index is 13.0. The van der Waals surface area contributed by atoms with E-state index in [0.717, 1.165) is 9.87 Å². The molecule has 2 aromatic carbocycles. The van der Waals surface area contributed by atoms with Crippen molar-refractivity contribution in [3.8, 4) is 23.0 Å². The molecule has 0 radical (unpaired) electrons. The molecular formula is C21H27ClN2O7S. The van der Waals surface area contributed by atoms with E-state index in [-0.39, 0.29) is 28.8 Å². The normalized spacial score (nSPS) is 11.2. The summed E-state index contributed by atoms with van der Waals surface area (Å²) in [5.41, 5.74) is 0.720. The molecule has 0 heterocycles. The topological polar surface area (TPSA) is 94.6 Å². The first kappa shape index (κ1) is 25.6. The number of nitrogens with zero attached hydrogens (tertiary/aromatic N) is 2. The van der Waals surface area contributed by atoms with Crippen molar-refractivity contribution in [1.82, 2.24) is 9.21 Å². The van der Waals surface area contributed by atoms with Gasteiger partial charge in [0.05, 0.1) is 35.0 Å². The Morgan fingerprint density at radius 1 is 0.906 bits per heavy atom. The van der Waals surface area contributed by atoms with Crippen molar-refractivity contribution in [3.63, 3.8) is 0 Å². The number of halogens is 1. The number of amides is 1. The van der Waals surface area contributed by atoms with E-state index >= 15 is 0 Å². The Balaban J connectivity index is 2.20. The summed E-state index contributed by atoms with van der Waals surface area (Å²) >= 11 is 5.96. The minimum Gasteiger partial charge on any atom is -0.495 e. The molecule has 0 aromatic heterocycles. The standard InChI is InChI=1S/C21H27ClN2O7S/c1-23(12-14-9-17(29-4)21(31-6)18(10-14)30-5)20(25)13-24(2)32(26,27)19-11-15(22)7-8-16(19)28-3/h7-11H,12-13H2,1-6H3. The molecule has 11 heteroatoms. The molecule has 176 valence electrons. The Kier molecular flexibility index (Phi) is 8.59. The molecule has 0 unspecified atom stereocenters. The lowest BCUT2D eigenvalue weighted by atomic mass is 10.1. The van der Waals surface area contributed by atoms with Gasteiger partial charge in [-0.1, -0.05) is 11.6 Å². The lowest BCUT2D eigenvalue weighted by molar-refractivity contribution is -0.130. The summed E-state index contributed by atoms with van der Waals surface area (Å²) in [4.78, 5) is 14.1. The smallest absolute Gasteiger partial charge is 0.247 e. The molecule has 2 aromatic rings. The van der Waals surface area contributed by atoms with Crippen molar-refractivity contribution in [1.29, 1.82) is 0 Å². The first-order valence-electron chi connectivity index (χ1n) is 9.41. The molecule has 0 saturated carbocycles. The second kappa shape index (κ2) is 10.8. The van der Waals surface area contributed by atoms with Crippen LogP contribution in [-0.2, 0) is 21.4 Å². The van der Waals surface area contributed by atoms with Gasteiger partial charge in [0.2, 0.25) is 21.7 Å². The predicted octanol–water partition coefficient (Wildman–Crippen LogP) is 2.65. The van der Waals surface area contributed by atoms with Crippen LogP contribution in [-0.4, -0.2) is 72.6 Å². The third-order valence-electron chi connectivity index (χ3n) is 4.74. The fraction of sp³-hybridized carbons (Fsp3) is 0.381. The van der Waals surface area contributed by atoms with E-state index in [9.17, 15) is 13.2 Å². The first-order chi connectivity index (χ1) is 15.1. The third kappa shape index (κ3) is 5.56. The largest absolute Gasteiger partial charge is 0.495 e. The minimum absolute atomic E-state index is 0.116. The summed E-state index contributed by atoms with van der Waals surface area (Å²) in [5.74, 6) is 1.07. The number of ether oxygens (including phenoxy) is 4. The number of likely N-dealkylation sites (N-methyl/N-ethyl adjacent to an activating group) is 2. The Hall–Kier alpha value is -2.69. The zero-order valence-electron chi connectivity index (χ0n) is 18.8. The summed E-state index contributed by atoms with van der Waals surface area (Å²) < 4.78 is 48.0. The number of hydrogen-bond donors (Lipinski definition) is 0. The molecule has 0 aliphatic rings. The predicted molar refractivity (Wildman–Crippen MR) is 120 cm³/mol. The molecule has 0 aliphatic carbocycles. The quantitative estimate of drug-likeness (QED) is 0.509. The Morgan fingerprint density at radius 3 is 1.97 bits per heavy atom. The molecular weight excluding hydrogens is 460 g/mol. The van der Waals surface area contributed by atoms with Gasteiger partial charge in [-0.25, -0.2) is 8.42 Å². The zero-order chi connectivity index (χ0) is 24.1. The second-order valence-electron chi connectivity index (χ2n) is 6.84. The fourth-order valence-electron chi connectivity index (χ4n) is 3.00. The van der Waals surface area contributed by atoms with Crippen molar-refractivity contribution >= 4 is 27.5 Å². The van der Waals surface area contributed by atoms with E-state index in [4.69, 9.17) is 30.5 Å². The lowest BCUT2D eigenvalue weighted by Gasteiger charge is -2.23. The Labute approximate surface area is 193 Å². The van der Waals surface area contributed by atoms with Crippen molar-refractivity contribution in [2.75, 3.05) is 49.1 Å². The number of sulfonamides is 1. The summed E-state index contributed by atoms with van der Waals surface area (Å²) in [6.07, 6.45) is 0. The highest BCUT2D eigenvalue weighted by atomic mass is 35.5. The maximum Gasteiger partial charge on any atom is 0.247 e. The van der Waals surface area contributed by atoms with Gasteiger partial charge in [0.1, 0.15) is 10.6 Å². The van der Waals surface area contributed by atoms with Crippen molar-refractivity contribution < 1.29 is 32.2 Å². The van der Waals surface area contributed by atoms with E-state index in [1.807, 2.05) is 0 Å². The lowest BCUT2D eigenvalue weighted by Crippen LogP contribution is -2.39. The molecule has 2 rings (SSSR count). The molecule has 0 bridgehead atoms. The molecule has 1 amide bonds. The number of carbonyl (C=O) groups is 1. The zero-order valence-corrected chi connectivity index (χ0v) is 20.4. The van der Waals surface area contributed by atoms with Crippen molar-refractivity contribution in [2.24, 2.45) is 0 Å². The first-order valence-corrected chi connectivity index (χ1v) is 11.2.